The summed E-state index contributed by atoms with van der Waals surface area (Å²) in [5.41, 5.74) is 0. The molecular weight excluding hydrogens is 212 g/mol. The largest absolute Gasteiger partial charge is 0.318 e. The maximum absolute atomic E-state index is 12.0. The van der Waals surface area contributed by atoms with Crippen molar-refractivity contribution in [3.8, 4) is 0 Å². The second kappa shape index (κ2) is 4.80. The summed E-state index contributed by atoms with van der Waals surface area (Å²) in [6.45, 7) is 5.10. The summed E-state index contributed by atoms with van der Waals surface area (Å²) in [5, 5.41) is 2.55. The van der Waals surface area contributed by atoms with E-state index in [1.807, 2.05) is 0 Å². The van der Waals surface area contributed by atoms with Crippen LogP contribution in [0.15, 0.2) is 0 Å². The summed E-state index contributed by atoms with van der Waals surface area (Å²) in [5.74, 6) is 1.27. The third-order valence-corrected chi connectivity index (χ3v) is 5.40. The van der Waals surface area contributed by atoms with E-state index in [1.165, 1.54) is 10.7 Å². The standard InChI is InChI=1S/C10H22N2O2S/c1-8-5-10(8)7-12(4)15(13,14)9(2)6-11-3/h8-11H,5-7H2,1-4H3. The minimum Gasteiger partial charge on any atom is -0.318 e. The van der Waals surface area contributed by atoms with Crippen LogP contribution in [0.1, 0.15) is 20.3 Å². The Morgan fingerprint density at radius 1 is 1.53 bits per heavy atom. The third kappa shape index (κ3) is 3.16. The zero-order valence-electron chi connectivity index (χ0n) is 10.0. The molecule has 1 aliphatic carbocycles. The minimum atomic E-state index is -3.11. The molecule has 0 aliphatic heterocycles. The normalized spacial score (nSPS) is 28.1. The highest BCUT2D eigenvalue weighted by atomic mass is 32.2. The molecule has 4 nitrogen and oxygen atoms in total. The molecule has 5 heteroatoms. The van der Waals surface area contributed by atoms with Crippen LogP contribution in [-0.4, -0.2) is 45.2 Å². The molecule has 15 heavy (non-hydrogen) atoms. The van der Waals surface area contributed by atoms with Gasteiger partial charge in [0.25, 0.3) is 0 Å². The predicted molar refractivity (Wildman–Crippen MR) is 62.2 cm³/mol. The van der Waals surface area contributed by atoms with E-state index in [-0.39, 0.29) is 5.25 Å². The lowest BCUT2D eigenvalue weighted by molar-refractivity contribution is 0.436. The van der Waals surface area contributed by atoms with Gasteiger partial charge in [-0.25, -0.2) is 12.7 Å². The van der Waals surface area contributed by atoms with Gasteiger partial charge in [-0.05, 0) is 32.2 Å². The maximum Gasteiger partial charge on any atom is 0.217 e. The second-order valence-corrected chi connectivity index (χ2v) is 7.12. The number of hydrogen-bond acceptors (Lipinski definition) is 3. The van der Waals surface area contributed by atoms with Crippen molar-refractivity contribution in [2.24, 2.45) is 11.8 Å². The minimum absolute atomic E-state index is 0.346. The van der Waals surface area contributed by atoms with Crippen LogP contribution in [0.3, 0.4) is 0 Å². The molecule has 1 N–H and O–H groups in total. The molecule has 90 valence electrons. The summed E-state index contributed by atoms with van der Waals surface area (Å²) in [6, 6.07) is 0. The fraction of sp³-hybridized carbons (Fsp3) is 1.00. The fourth-order valence-corrected chi connectivity index (χ4v) is 3.18. The van der Waals surface area contributed by atoms with Gasteiger partial charge in [0.05, 0.1) is 5.25 Å². The van der Waals surface area contributed by atoms with E-state index in [1.54, 1.807) is 21.0 Å². The Morgan fingerprint density at radius 3 is 2.47 bits per heavy atom. The summed E-state index contributed by atoms with van der Waals surface area (Å²) >= 11 is 0. The molecule has 0 bridgehead atoms. The zero-order chi connectivity index (χ0) is 11.6. The zero-order valence-corrected chi connectivity index (χ0v) is 10.8. The van der Waals surface area contributed by atoms with Crippen molar-refractivity contribution in [1.82, 2.24) is 9.62 Å². The molecule has 1 aliphatic rings. The Labute approximate surface area is 93.1 Å². The van der Waals surface area contributed by atoms with Crippen LogP contribution in [0.4, 0.5) is 0 Å². The molecule has 0 aromatic heterocycles. The number of hydrogen-bond donors (Lipinski definition) is 1. The number of nitrogens with zero attached hydrogens (tertiary/aromatic N) is 1. The van der Waals surface area contributed by atoms with E-state index < -0.39 is 10.0 Å². The SMILES string of the molecule is CNCC(C)S(=O)(=O)N(C)CC1CC1C. The van der Waals surface area contributed by atoms with Gasteiger partial charge in [0, 0.05) is 20.1 Å². The van der Waals surface area contributed by atoms with Crippen molar-refractivity contribution < 1.29 is 8.42 Å². The van der Waals surface area contributed by atoms with Crippen molar-refractivity contribution >= 4 is 10.0 Å². The van der Waals surface area contributed by atoms with Gasteiger partial charge in [-0.3, -0.25) is 0 Å². The van der Waals surface area contributed by atoms with E-state index in [4.69, 9.17) is 0 Å². The molecule has 1 rings (SSSR count). The van der Waals surface area contributed by atoms with Crippen LogP contribution < -0.4 is 5.32 Å². The number of sulfonamides is 1. The highest BCUT2D eigenvalue weighted by molar-refractivity contribution is 7.89. The lowest BCUT2D eigenvalue weighted by Crippen LogP contribution is -2.40. The molecule has 0 saturated heterocycles. The smallest absolute Gasteiger partial charge is 0.217 e. The summed E-state index contributed by atoms with van der Waals surface area (Å²) < 4.78 is 25.5. The van der Waals surface area contributed by atoms with Crippen LogP contribution in [0.2, 0.25) is 0 Å². The third-order valence-electron chi connectivity index (χ3n) is 3.20. The van der Waals surface area contributed by atoms with Gasteiger partial charge in [-0.1, -0.05) is 6.92 Å². The lowest BCUT2D eigenvalue weighted by Gasteiger charge is -2.21. The van der Waals surface area contributed by atoms with Crippen LogP contribution in [-0.2, 0) is 10.0 Å². The molecule has 0 spiro atoms. The molecule has 1 saturated carbocycles. The molecule has 0 heterocycles. The van der Waals surface area contributed by atoms with E-state index in [2.05, 4.69) is 12.2 Å². The number of nitrogens with one attached hydrogen (secondary N) is 1. The molecule has 3 unspecified atom stereocenters. The highest BCUT2D eigenvalue weighted by Gasteiger charge is 2.36. The van der Waals surface area contributed by atoms with Crippen molar-refractivity contribution in [3.05, 3.63) is 0 Å². The highest BCUT2D eigenvalue weighted by Crippen LogP contribution is 2.38. The average Bonchev–Trinajstić information content (AvgIpc) is 2.82. The van der Waals surface area contributed by atoms with Crippen LogP contribution in [0, 0.1) is 11.8 Å². The monoisotopic (exact) mass is 234 g/mol. The summed E-state index contributed by atoms with van der Waals surface area (Å²) in [7, 11) is 0.351. The van der Waals surface area contributed by atoms with Crippen molar-refractivity contribution in [3.63, 3.8) is 0 Å². The van der Waals surface area contributed by atoms with Gasteiger partial charge < -0.3 is 5.32 Å². The first-order valence-electron chi connectivity index (χ1n) is 5.49. The van der Waals surface area contributed by atoms with Gasteiger partial charge >= 0.3 is 0 Å². The molecule has 3 atom stereocenters. The first-order valence-corrected chi connectivity index (χ1v) is 6.99. The molecule has 0 amide bonds. The summed E-state index contributed by atoms with van der Waals surface area (Å²) in [4.78, 5) is 0. The first kappa shape index (κ1) is 12.9. The van der Waals surface area contributed by atoms with E-state index >= 15 is 0 Å². The van der Waals surface area contributed by atoms with E-state index in [9.17, 15) is 8.42 Å². The van der Waals surface area contributed by atoms with Gasteiger partial charge in [-0.15, -0.1) is 0 Å². The fourth-order valence-electron chi connectivity index (χ4n) is 1.79. The predicted octanol–water partition coefficient (Wildman–Crippen LogP) is 0.512. The Morgan fingerprint density at radius 2 is 2.07 bits per heavy atom. The van der Waals surface area contributed by atoms with Crippen LogP contribution in [0.5, 0.6) is 0 Å². The molecule has 0 aromatic carbocycles. The van der Waals surface area contributed by atoms with Gasteiger partial charge in [0.15, 0.2) is 0 Å². The second-order valence-electron chi connectivity index (χ2n) is 4.67. The Hall–Kier alpha value is -0.130. The van der Waals surface area contributed by atoms with Crippen LogP contribution in [0.25, 0.3) is 0 Å². The lowest BCUT2D eigenvalue weighted by atomic mass is 10.3. The maximum atomic E-state index is 12.0. The molecule has 1 fully saturated rings. The average molecular weight is 234 g/mol. The van der Waals surface area contributed by atoms with Gasteiger partial charge in [-0.2, -0.15) is 0 Å². The van der Waals surface area contributed by atoms with Crippen molar-refractivity contribution in [1.29, 1.82) is 0 Å². The van der Waals surface area contributed by atoms with Crippen LogP contribution >= 0.6 is 0 Å². The van der Waals surface area contributed by atoms with E-state index in [0.29, 0.717) is 24.9 Å². The first-order chi connectivity index (χ1) is 6.89. The van der Waals surface area contributed by atoms with Crippen molar-refractivity contribution in [2.75, 3.05) is 27.2 Å². The van der Waals surface area contributed by atoms with Crippen molar-refractivity contribution in [2.45, 2.75) is 25.5 Å². The topological polar surface area (TPSA) is 49.4 Å². The van der Waals surface area contributed by atoms with E-state index in [0.717, 1.165) is 0 Å². The molecule has 0 radical (unpaired) electrons. The number of rotatable bonds is 6. The Balaban J connectivity index is 2.52. The quantitative estimate of drug-likeness (QED) is 0.728. The Bertz CT molecular complexity index is 303. The molecule has 0 aromatic rings. The summed E-state index contributed by atoms with van der Waals surface area (Å²) in [6.07, 6.45) is 1.17. The molecular formula is C10H22N2O2S. The Kier molecular flexibility index (Phi) is 4.14. The van der Waals surface area contributed by atoms with Gasteiger partial charge in [0.2, 0.25) is 10.0 Å². The van der Waals surface area contributed by atoms with Gasteiger partial charge in [0.1, 0.15) is 0 Å².